The molecule has 0 unspecified atom stereocenters. The molecule has 1 aromatic heterocycles. The van der Waals surface area contributed by atoms with E-state index in [0.717, 1.165) is 0 Å². The Kier molecular flexibility index (Phi) is 5.47. The van der Waals surface area contributed by atoms with E-state index in [4.69, 9.17) is 9.15 Å². The average Bonchev–Trinajstić information content (AvgIpc) is 2.32. The smallest absolute Gasteiger partial charge is 0.585 e. The number of carbonyl (C=O) groups excluding carboxylic acids is 1. The number of furan rings is 1. The minimum absolute atomic E-state index is 0. The Bertz CT molecular complexity index is 259. The second-order valence-corrected chi connectivity index (χ2v) is 3.42. The van der Waals surface area contributed by atoms with Crippen molar-refractivity contribution in [2.45, 2.75) is 26.4 Å². The van der Waals surface area contributed by atoms with Gasteiger partial charge in [-0.3, -0.25) is 4.79 Å². The third kappa shape index (κ3) is 4.98. The van der Waals surface area contributed by atoms with Gasteiger partial charge in [0.05, 0.1) is 5.76 Å². The van der Waals surface area contributed by atoms with E-state index in [-0.39, 0.29) is 57.1 Å². The maximum Gasteiger partial charge on any atom is 1.00 e. The molecule has 0 aliphatic carbocycles. The summed E-state index contributed by atoms with van der Waals surface area (Å²) in [5.41, 5.74) is -0.482. The zero-order valence-electron chi connectivity index (χ0n) is 8.38. The minimum atomic E-state index is -0.482. The van der Waals surface area contributed by atoms with Crippen molar-refractivity contribution >= 4 is 5.97 Å². The van der Waals surface area contributed by atoms with Crippen LogP contribution < -0.4 is 51.4 Å². The number of rotatable bonds is 1. The number of ether oxygens (including phenoxy) is 1. The molecule has 1 heterocycles. The summed E-state index contributed by atoms with van der Waals surface area (Å²) in [6.07, 6.45) is 2.42. The maximum atomic E-state index is 11.2. The van der Waals surface area contributed by atoms with Crippen LogP contribution in [0.3, 0.4) is 0 Å². The minimum Gasteiger partial charge on any atom is -0.585 e. The molecule has 4 heteroatoms. The fraction of sp³-hybridized carbons (Fsp3) is 0.444. The van der Waals surface area contributed by atoms with Crippen LogP contribution >= 0.6 is 0 Å². The van der Waals surface area contributed by atoms with Gasteiger partial charge in [-0.05, 0) is 27.0 Å². The molecule has 0 amide bonds. The predicted octanol–water partition coefficient (Wildman–Crippen LogP) is -0.961. The number of hydrogen-bond acceptors (Lipinski definition) is 3. The van der Waals surface area contributed by atoms with Crippen molar-refractivity contribution in [1.82, 2.24) is 0 Å². The van der Waals surface area contributed by atoms with E-state index < -0.39 is 11.6 Å². The second-order valence-electron chi connectivity index (χ2n) is 3.42. The molecule has 0 atom stereocenters. The molecular formula is C9H11KO3. The first-order valence-corrected chi connectivity index (χ1v) is 3.68. The van der Waals surface area contributed by atoms with Crippen LogP contribution in [0.4, 0.5) is 0 Å². The summed E-state index contributed by atoms with van der Waals surface area (Å²) in [5.74, 6) is -0.270. The standard InChI is InChI=1S/C9H11O3.K/c1-9(2,3)12-8(10)7-5-4-6-11-7;/h4-5H,1-3H3;/q-1;+1. The SMILES string of the molecule is CC(C)(C)OC(=O)c1cc[c-]o1.[K+]. The van der Waals surface area contributed by atoms with Gasteiger partial charge < -0.3 is 9.15 Å². The van der Waals surface area contributed by atoms with Gasteiger partial charge >= 0.3 is 57.4 Å². The van der Waals surface area contributed by atoms with Crippen molar-refractivity contribution in [1.29, 1.82) is 0 Å². The molecule has 0 spiro atoms. The van der Waals surface area contributed by atoms with Crippen molar-refractivity contribution in [3.05, 3.63) is 24.2 Å². The fourth-order valence-corrected chi connectivity index (χ4v) is 0.679. The first kappa shape index (κ1) is 13.4. The monoisotopic (exact) mass is 206 g/mol. The van der Waals surface area contributed by atoms with Crippen molar-refractivity contribution in [3.63, 3.8) is 0 Å². The summed E-state index contributed by atoms with van der Waals surface area (Å²) in [6.45, 7) is 5.41. The Balaban J connectivity index is 0.00000144. The molecule has 0 aliphatic rings. The summed E-state index contributed by atoms with van der Waals surface area (Å²) in [5, 5.41) is 0. The van der Waals surface area contributed by atoms with Crippen molar-refractivity contribution in [2.75, 3.05) is 0 Å². The molecule has 1 aromatic rings. The van der Waals surface area contributed by atoms with Gasteiger partial charge in [-0.2, -0.15) is 6.07 Å². The molecule has 66 valence electrons. The van der Waals surface area contributed by atoms with Crippen LogP contribution in [0.1, 0.15) is 31.3 Å². The Morgan fingerprint density at radius 1 is 1.54 bits per heavy atom. The van der Waals surface area contributed by atoms with Gasteiger partial charge in [0.25, 0.3) is 0 Å². The molecule has 0 radical (unpaired) electrons. The third-order valence-electron chi connectivity index (χ3n) is 1.07. The van der Waals surface area contributed by atoms with E-state index in [1.54, 1.807) is 20.8 Å². The molecule has 13 heavy (non-hydrogen) atoms. The van der Waals surface area contributed by atoms with Crippen LogP contribution in [0.25, 0.3) is 0 Å². The van der Waals surface area contributed by atoms with E-state index in [0.29, 0.717) is 0 Å². The molecule has 0 aromatic carbocycles. The Labute approximate surface area is 120 Å². The normalized spacial score (nSPS) is 10.4. The number of esters is 1. The summed E-state index contributed by atoms with van der Waals surface area (Å²) in [4.78, 5) is 11.2. The Hall–Kier alpha value is 0.386. The van der Waals surface area contributed by atoms with Gasteiger partial charge in [-0.1, -0.05) is 0 Å². The van der Waals surface area contributed by atoms with E-state index in [2.05, 4.69) is 6.26 Å². The molecule has 0 fully saturated rings. The summed E-state index contributed by atoms with van der Waals surface area (Å²) in [6, 6.07) is 3.05. The molecule has 0 saturated heterocycles. The van der Waals surface area contributed by atoms with Gasteiger partial charge in [-0.25, -0.2) is 0 Å². The van der Waals surface area contributed by atoms with Crippen LogP contribution in [0.2, 0.25) is 0 Å². The predicted molar refractivity (Wildman–Crippen MR) is 42.7 cm³/mol. The van der Waals surface area contributed by atoms with Gasteiger partial charge in [0, 0.05) is 0 Å². The van der Waals surface area contributed by atoms with E-state index in [9.17, 15) is 4.79 Å². The number of hydrogen-bond donors (Lipinski definition) is 0. The van der Waals surface area contributed by atoms with Crippen LogP contribution in [0.15, 0.2) is 16.5 Å². The molecule has 0 N–H and O–H groups in total. The Morgan fingerprint density at radius 3 is 2.54 bits per heavy atom. The third-order valence-corrected chi connectivity index (χ3v) is 1.07. The van der Waals surface area contributed by atoms with Gasteiger partial charge in [0.2, 0.25) is 0 Å². The first-order chi connectivity index (χ1) is 5.49. The Morgan fingerprint density at radius 2 is 2.15 bits per heavy atom. The summed E-state index contributed by atoms with van der Waals surface area (Å²) >= 11 is 0. The van der Waals surface area contributed by atoms with E-state index >= 15 is 0 Å². The van der Waals surface area contributed by atoms with Crippen LogP contribution in [0.5, 0.6) is 0 Å². The first-order valence-electron chi connectivity index (χ1n) is 3.68. The quantitative estimate of drug-likeness (QED) is 0.337. The van der Waals surface area contributed by atoms with Crippen LogP contribution in [-0.2, 0) is 4.74 Å². The van der Waals surface area contributed by atoms with E-state index in [1.807, 2.05) is 0 Å². The van der Waals surface area contributed by atoms with Crippen LogP contribution in [0, 0.1) is 6.26 Å². The molecular weight excluding hydrogens is 195 g/mol. The molecule has 0 aliphatic heterocycles. The zero-order chi connectivity index (χ0) is 9.19. The van der Waals surface area contributed by atoms with Gasteiger partial charge in [-0.15, -0.1) is 6.07 Å². The van der Waals surface area contributed by atoms with Crippen LogP contribution in [-0.4, -0.2) is 11.6 Å². The summed E-state index contributed by atoms with van der Waals surface area (Å²) < 4.78 is 9.77. The fourth-order valence-electron chi connectivity index (χ4n) is 0.679. The zero-order valence-corrected chi connectivity index (χ0v) is 11.5. The van der Waals surface area contributed by atoms with Gasteiger partial charge in [0.1, 0.15) is 5.60 Å². The van der Waals surface area contributed by atoms with Crippen molar-refractivity contribution in [2.24, 2.45) is 0 Å². The average molecular weight is 206 g/mol. The van der Waals surface area contributed by atoms with Crippen molar-refractivity contribution in [3.8, 4) is 0 Å². The molecule has 1 rings (SSSR count). The maximum absolute atomic E-state index is 11.2. The summed E-state index contributed by atoms with van der Waals surface area (Å²) in [7, 11) is 0. The van der Waals surface area contributed by atoms with E-state index in [1.165, 1.54) is 12.1 Å². The van der Waals surface area contributed by atoms with Gasteiger partial charge in [0.15, 0.2) is 0 Å². The molecule has 0 saturated carbocycles. The second kappa shape index (κ2) is 5.31. The molecule has 0 bridgehead atoms. The largest absolute Gasteiger partial charge is 1.00 e. The number of carbonyl (C=O) groups is 1. The topological polar surface area (TPSA) is 39.4 Å². The van der Waals surface area contributed by atoms with Crippen molar-refractivity contribution < 1.29 is 65.3 Å². The molecule has 3 nitrogen and oxygen atoms in total.